The van der Waals surface area contributed by atoms with Crippen LogP contribution in [0.5, 0.6) is 5.75 Å². The lowest BCUT2D eigenvalue weighted by atomic mass is 9.87. The second kappa shape index (κ2) is 7.94. The summed E-state index contributed by atoms with van der Waals surface area (Å²) in [4.78, 5) is 24.8. The first-order valence-corrected chi connectivity index (χ1v) is 8.11. The Bertz CT molecular complexity index is 568. The van der Waals surface area contributed by atoms with Gasteiger partial charge in [0, 0.05) is 19.7 Å². The smallest absolute Gasteiger partial charge is 0.282 e. The SMILES string of the molecule is COc1ccc([N+](=O)[O-])c(C(=O)N(C)CCC2CCCCC2)c1. The van der Waals surface area contributed by atoms with Gasteiger partial charge in [-0.3, -0.25) is 14.9 Å². The van der Waals surface area contributed by atoms with Gasteiger partial charge < -0.3 is 9.64 Å². The van der Waals surface area contributed by atoms with E-state index in [0.29, 0.717) is 18.2 Å². The van der Waals surface area contributed by atoms with E-state index in [4.69, 9.17) is 4.74 Å². The van der Waals surface area contributed by atoms with Crippen molar-refractivity contribution in [3.05, 3.63) is 33.9 Å². The van der Waals surface area contributed by atoms with Gasteiger partial charge in [-0.05, 0) is 24.5 Å². The number of amides is 1. The summed E-state index contributed by atoms with van der Waals surface area (Å²) in [5, 5.41) is 11.1. The zero-order chi connectivity index (χ0) is 16.8. The van der Waals surface area contributed by atoms with Gasteiger partial charge in [-0.1, -0.05) is 32.1 Å². The third-order valence-corrected chi connectivity index (χ3v) is 4.58. The number of nitrogens with zero attached hydrogens (tertiary/aromatic N) is 2. The molecule has 0 unspecified atom stereocenters. The van der Waals surface area contributed by atoms with E-state index in [0.717, 1.165) is 6.42 Å². The Hall–Kier alpha value is -2.11. The number of ether oxygens (including phenoxy) is 1. The van der Waals surface area contributed by atoms with Crippen LogP contribution in [0.4, 0.5) is 5.69 Å². The van der Waals surface area contributed by atoms with Gasteiger partial charge in [0.2, 0.25) is 0 Å². The standard InChI is InChI=1S/C17H24N2O4/c1-18(11-10-13-6-4-3-5-7-13)17(20)15-12-14(23-2)8-9-16(15)19(21)22/h8-9,12-13H,3-7,10-11H2,1-2H3. The highest BCUT2D eigenvalue weighted by Crippen LogP contribution is 2.28. The number of hydrogen-bond donors (Lipinski definition) is 0. The summed E-state index contributed by atoms with van der Waals surface area (Å²) in [5.41, 5.74) is -0.0965. The van der Waals surface area contributed by atoms with Crippen LogP contribution in [0.2, 0.25) is 0 Å². The zero-order valence-corrected chi connectivity index (χ0v) is 13.8. The van der Waals surface area contributed by atoms with Crippen molar-refractivity contribution in [2.75, 3.05) is 20.7 Å². The normalized spacial score (nSPS) is 15.2. The molecule has 0 heterocycles. The van der Waals surface area contributed by atoms with E-state index in [-0.39, 0.29) is 17.2 Å². The van der Waals surface area contributed by atoms with E-state index in [1.807, 2.05) is 0 Å². The molecule has 1 fully saturated rings. The Morgan fingerprint density at radius 1 is 1.35 bits per heavy atom. The molecule has 0 spiro atoms. The first kappa shape index (κ1) is 17.2. The Morgan fingerprint density at radius 3 is 2.65 bits per heavy atom. The second-order valence-electron chi connectivity index (χ2n) is 6.16. The minimum Gasteiger partial charge on any atom is -0.497 e. The number of methoxy groups -OCH3 is 1. The number of carbonyl (C=O) groups excluding carboxylic acids is 1. The van der Waals surface area contributed by atoms with Gasteiger partial charge in [-0.2, -0.15) is 0 Å². The van der Waals surface area contributed by atoms with Crippen molar-refractivity contribution >= 4 is 11.6 Å². The molecule has 23 heavy (non-hydrogen) atoms. The number of hydrogen-bond acceptors (Lipinski definition) is 4. The molecule has 0 aliphatic heterocycles. The van der Waals surface area contributed by atoms with Crippen molar-refractivity contribution in [2.24, 2.45) is 5.92 Å². The number of rotatable bonds is 6. The molecule has 6 nitrogen and oxygen atoms in total. The van der Waals surface area contributed by atoms with Crippen LogP contribution < -0.4 is 4.74 Å². The Labute approximate surface area is 136 Å². The van der Waals surface area contributed by atoms with Gasteiger partial charge in [-0.15, -0.1) is 0 Å². The van der Waals surface area contributed by atoms with Gasteiger partial charge >= 0.3 is 0 Å². The van der Waals surface area contributed by atoms with Gasteiger partial charge in [0.1, 0.15) is 11.3 Å². The summed E-state index contributed by atoms with van der Waals surface area (Å²) in [6.07, 6.45) is 7.25. The Morgan fingerprint density at radius 2 is 2.04 bits per heavy atom. The van der Waals surface area contributed by atoms with Crippen LogP contribution in [-0.4, -0.2) is 36.4 Å². The lowest BCUT2D eigenvalue weighted by Crippen LogP contribution is -2.29. The van der Waals surface area contributed by atoms with E-state index < -0.39 is 4.92 Å². The van der Waals surface area contributed by atoms with Crippen molar-refractivity contribution in [1.29, 1.82) is 0 Å². The number of nitro benzene ring substituents is 1. The molecule has 0 atom stereocenters. The lowest BCUT2D eigenvalue weighted by Gasteiger charge is -2.24. The minimum absolute atomic E-state index is 0.0838. The van der Waals surface area contributed by atoms with E-state index in [1.165, 1.54) is 57.4 Å². The number of benzene rings is 1. The van der Waals surface area contributed by atoms with Crippen LogP contribution in [0.3, 0.4) is 0 Å². The van der Waals surface area contributed by atoms with Crippen molar-refractivity contribution in [3.63, 3.8) is 0 Å². The van der Waals surface area contributed by atoms with Crippen LogP contribution in [-0.2, 0) is 0 Å². The van der Waals surface area contributed by atoms with E-state index in [2.05, 4.69) is 0 Å². The Kier molecular flexibility index (Phi) is 5.96. The molecule has 0 aromatic heterocycles. The highest BCUT2D eigenvalue weighted by Gasteiger charge is 2.24. The third kappa shape index (κ3) is 4.43. The quantitative estimate of drug-likeness (QED) is 0.592. The summed E-state index contributed by atoms with van der Waals surface area (Å²) >= 11 is 0. The zero-order valence-electron chi connectivity index (χ0n) is 13.8. The molecule has 1 aliphatic rings. The molecule has 1 amide bonds. The highest BCUT2D eigenvalue weighted by atomic mass is 16.6. The fourth-order valence-electron chi connectivity index (χ4n) is 3.13. The predicted molar refractivity (Wildman–Crippen MR) is 87.8 cm³/mol. The van der Waals surface area contributed by atoms with Crippen LogP contribution in [0.25, 0.3) is 0 Å². The molecule has 0 bridgehead atoms. The molecule has 0 radical (unpaired) electrons. The second-order valence-corrected chi connectivity index (χ2v) is 6.16. The maximum Gasteiger partial charge on any atom is 0.282 e. The summed E-state index contributed by atoms with van der Waals surface area (Å²) in [5.74, 6) is 0.783. The average molecular weight is 320 g/mol. The minimum atomic E-state index is -0.526. The molecule has 6 heteroatoms. The highest BCUT2D eigenvalue weighted by molar-refractivity contribution is 5.98. The summed E-state index contributed by atoms with van der Waals surface area (Å²) in [6, 6.07) is 4.26. The van der Waals surface area contributed by atoms with Crippen molar-refractivity contribution in [2.45, 2.75) is 38.5 Å². The van der Waals surface area contributed by atoms with Gasteiger partial charge in [0.15, 0.2) is 0 Å². The Balaban J connectivity index is 2.06. The van der Waals surface area contributed by atoms with Gasteiger partial charge in [-0.25, -0.2) is 0 Å². The molecule has 126 valence electrons. The van der Waals surface area contributed by atoms with Crippen LogP contribution in [0.1, 0.15) is 48.9 Å². The number of carbonyl (C=O) groups is 1. The summed E-state index contributed by atoms with van der Waals surface area (Å²) < 4.78 is 5.08. The molecule has 2 rings (SSSR count). The monoisotopic (exact) mass is 320 g/mol. The first-order chi connectivity index (χ1) is 11.0. The van der Waals surface area contributed by atoms with E-state index in [9.17, 15) is 14.9 Å². The summed E-state index contributed by atoms with van der Waals surface area (Å²) in [7, 11) is 3.18. The predicted octanol–water partition coefficient (Wildman–Crippen LogP) is 3.65. The first-order valence-electron chi connectivity index (χ1n) is 8.11. The molecule has 1 saturated carbocycles. The molecule has 0 N–H and O–H groups in total. The lowest BCUT2D eigenvalue weighted by molar-refractivity contribution is -0.385. The van der Waals surface area contributed by atoms with Gasteiger partial charge in [0.05, 0.1) is 12.0 Å². The fourth-order valence-corrected chi connectivity index (χ4v) is 3.13. The van der Waals surface area contributed by atoms with Crippen LogP contribution in [0.15, 0.2) is 18.2 Å². The number of nitro groups is 1. The largest absolute Gasteiger partial charge is 0.497 e. The average Bonchev–Trinajstić information content (AvgIpc) is 2.59. The molecular weight excluding hydrogens is 296 g/mol. The van der Waals surface area contributed by atoms with Gasteiger partial charge in [0.25, 0.3) is 11.6 Å². The fraction of sp³-hybridized carbons (Fsp3) is 0.588. The van der Waals surface area contributed by atoms with Crippen LogP contribution in [0, 0.1) is 16.0 Å². The molecule has 0 saturated heterocycles. The molecule has 1 aromatic rings. The third-order valence-electron chi connectivity index (χ3n) is 4.58. The van der Waals surface area contributed by atoms with Crippen molar-refractivity contribution in [3.8, 4) is 5.75 Å². The van der Waals surface area contributed by atoms with E-state index in [1.54, 1.807) is 11.9 Å². The maximum absolute atomic E-state index is 12.6. The van der Waals surface area contributed by atoms with Crippen molar-refractivity contribution in [1.82, 2.24) is 4.90 Å². The maximum atomic E-state index is 12.6. The molecule has 1 aliphatic carbocycles. The summed E-state index contributed by atoms with van der Waals surface area (Å²) in [6.45, 7) is 0.623. The van der Waals surface area contributed by atoms with E-state index >= 15 is 0 Å². The topological polar surface area (TPSA) is 72.7 Å². The van der Waals surface area contributed by atoms with Crippen molar-refractivity contribution < 1.29 is 14.5 Å². The van der Waals surface area contributed by atoms with Crippen LogP contribution >= 0.6 is 0 Å². The molecule has 1 aromatic carbocycles. The molecular formula is C17H24N2O4.